The smallest absolute Gasteiger partial charge is 0.203 e. The number of hydrogen-bond donors (Lipinski definition) is 0. The highest BCUT2D eigenvalue weighted by molar-refractivity contribution is 5.86. The van der Waals surface area contributed by atoms with Gasteiger partial charge in [-0.15, -0.1) is 0 Å². The maximum atomic E-state index is 12.3. The van der Waals surface area contributed by atoms with E-state index >= 15 is 0 Å². The summed E-state index contributed by atoms with van der Waals surface area (Å²) in [6.45, 7) is 3.50. The first-order chi connectivity index (χ1) is 9.15. The molecule has 4 heteroatoms. The van der Waals surface area contributed by atoms with E-state index in [1.54, 1.807) is 0 Å². The molecule has 4 nitrogen and oxygen atoms in total. The van der Waals surface area contributed by atoms with Crippen molar-refractivity contribution in [2.75, 3.05) is 13.2 Å². The fourth-order valence-electron chi connectivity index (χ4n) is 5.97. The predicted molar refractivity (Wildman–Crippen MR) is 65.4 cm³/mol. The van der Waals surface area contributed by atoms with Gasteiger partial charge in [-0.25, -0.2) is 0 Å². The Morgan fingerprint density at radius 3 is 2.58 bits per heavy atom. The first-order valence-electron chi connectivity index (χ1n) is 7.63. The summed E-state index contributed by atoms with van der Waals surface area (Å²) in [6.07, 6.45) is 5.01. The van der Waals surface area contributed by atoms with Crippen molar-refractivity contribution >= 4 is 5.78 Å². The van der Waals surface area contributed by atoms with Crippen molar-refractivity contribution in [3.8, 4) is 0 Å². The average molecular weight is 264 g/mol. The molecule has 0 amide bonds. The number of rotatable bonds is 0. The highest BCUT2D eigenvalue weighted by Gasteiger charge is 2.85. The normalized spacial score (nSPS) is 52.1. The summed E-state index contributed by atoms with van der Waals surface area (Å²) in [5.41, 5.74) is -0.416. The number of ether oxygens (including phenoxy) is 3. The minimum atomic E-state index is -0.536. The third-order valence-corrected chi connectivity index (χ3v) is 6.77. The van der Waals surface area contributed by atoms with Crippen molar-refractivity contribution in [3.05, 3.63) is 0 Å². The van der Waals surface area contributed by atoms with E-state index in [1.165, 1.54) is 6.42 Å². The standard InChI is InChI=1S/C15H20O4/c1-13-11-9(3-4-10(11)16)12(19-13)15(17-7-8-18-15)14(13)5-2-6-14/h9,11-12H,2-8H2,1H3/t9-,11-,12-,13+/m1/s1. The number of hydrogen-bond acceptors (Lipinski definition) is 4. The largest absolute Gasteiger partial charge is 0.365 e. The van der Waals surface area contributed by atoms with Crippen molar-refractivity contribution < 1.29 is 19.0 Å². The van der Waals surface area contributed by atoms with Gasteiger partial charge in [0.2, 0.25) is 5.79 Å². The molecule has 2 aliphatic carbocycles. The van der Waals surface area contributed by atoms with Gasteiger partial charge in [0.15, 0.2) is 0 Å². The number of ketones is 1. The van der Waals surface area contributed by atoms with E-state index < -0.39 is 5.79 Å². The molecule has 5 rings (SSSR count). The number of fused-ring (bicyclic) bond motifs is 8. The van der Waals surface area contributed by atoms with Crippen LogP contribution in [-0.2, 0) is 19.0 Å². The Hall–Kier alpha value is -0.450. The minimum absolute atomic E-state index is 0.0169. The quantitative estimate of drug-likeness (QED) is 0.667. The monoisotopic (exact) mass is 264 g/mol. The second kappa shape index (κ2) is 3.07. The Balaban J connectivity index is 1.70. The zero-order chi connectivity index (χ0) is 12.9. The molecular formula is C15H20O4. The minimum Gasteiger partial charge on any atom is -0.365 e. The lowest BCUT2D eigenvalue weighted by Crippen LogP contribution is -2.68. The molecule has 2 saturated carbocycles. The van der Waals surface area contributed by atoms with Gasteiger partial charge >= 0.3 is 0 Å². The van der Waals surface area contributed by atoms with E-state index in [1.807, 2.05) is 0 Å². The second-order valence-electron chi connectivity index (χ2n) is 7.09. The van der Waals surface area contributed by atoms with E-state index in [9.17, 15) is 4.79 Å². The third kappa shape index (κ3) is 0.903. The molecule has 0 aromatic carbocycles. The van der Waals surface area contributed by atoms with Gasteiger partial charge in [0.05, 0.1) is 30.1 Å². The van der Waals surface area contributed by atoms with Crippen LogP contribution in [0.1, 0.15) is 39.0 Å². The fourth-order valence-corrected chi connectivity index (χ4v) is 5.97. The molecule has 0 radical (unpaired) electrons. The van der Waals surface area contributed by atoms with Gasteiger partial charge in [-0.1, -0.05) is 6.42 Å². The highest BCUT2D eigenvalue weighted by atomic mass is 16.8. The predicted octanol–water partition coefficient (Wildman–Crippen LogP) is 1.67. The maximum Gasteiger partial charge on any atom is 0.203 e. The number of carbonyl (C=O) groups is 1. The van der Waals surface area contributed by atoms with Crippen molar-refractivity contribution in [1.29, 1.82) is 0 Å². The lowest BCUT2D eigenvalue weighted by molar-refractivity contribution is -0.286. The van der Waals surface area contributed by atoms with Gasteiger partial charge < -0.3 is 14.2 Å². The average Bonchev–Trinajstić information content (AvgIpc) is 3.00. The van der Waals surface area contributed by atoms with Gasteiger partial charge in [-0.2, -0.15) is 0 Å². The summed E-state index contributed by atoms with van der Waals surface area (Å²) in [6, 6.07) is 0. The first-order valence-corrected chi connectivity index (χ1v) is 7.63. The van der Waals surface area contributed by atoms with Crippen LogP contribution in [0.5, 0.6) is 0 Å². The van der Waals surface area contributed by atoms with E-state index in [2.05, 4.69) is 6.92 Å². The molecule has 4 atom stereocenters. The van der Waals surface area contributed by atoms with Crippen molar-refractivity contribution in [3.63, 3.8) is 0 Å². The van der Waals surface area contributed by atoms with Crippen LogP contribution in [0.25, 0.3) is 0 Å². The molecule has 5 fully saturated rings. The van der Waals surface area contributed by atoms with Crippen LogP contribution in [0.3, 0.4) is 0 Å². The van der Waals surface area contributed by atoms with Crippen LogP contribution < -0.4 is 0 Å². The maximum absolute atomic E-state index is 12.3. The van der Waals surface area contributed by atoms with Gasteiger partial charge in [0, 0.05) is 12.3 Å². The molecule has 3 aliphatic heterocycles. The Labute approximate surface area is 112 Å². The second-order valence-corrected chi connectivity index (χ2v) is 7.09. The zero-order valence-electron chi connectivity index (χ0n) is 11.3. The summed E-state index contributed by atoms with van der Waals surface area (Å²) in [5.74, 6) is 0.290. The molecule has 0 N–H and O–H groups in total. The molecule has 0 aromatic heterocycles. The van der Waals surface area contributed by atoms with Gasteiger partial charge in [-0.3, -0.25) is 4.79 Å². The third-order valence-electron chi connectivity index (χ3n) is 6.77. The molecule has 0 unspecified atom stereocenters. The lowest BCUT2D eigenvalue weighted by Gasteiger charge is -2.59. The molecule has 0 aromatic rings. The molecule has 2 bridgehead atoms. The number of carbonyl (C=O) groups excluding carboxylic acids is 1. The van der Waals surface area contributed by atoms with E-state index in [-0.39, 0.29) is 23.0 Å². The Bertz CT molecular complexity index is 463. The molecule has 19 heavy (non-hydrogen) atoms. The molecule has 3 saturated heterocycles. The summed E-state index contributed by atoms with van der Waals surface area (Å²) < 4.78 is 18.7. The van der Waals surface area contributed by atoms with Crippen LogP contribution >= 0.6 is 0 Å². The topological polar surface area (TPSA) is 44.8 Å². The highest BCUT2D eigenvalue weighted by Crippen LogP contribution is 2.75. The zero-order valence-corrected chi connectivity index (χ0v) is 11.3. The summed E-state index contributed by atoms with van der Waals surface area (Å²) in [5, 5.41) is 0. The first kappa shape index (κ1) is 11.2. The van der Waals surface area contributed by atoms with Crippen LogP contribution in [0.2, 0.25) is 0 Å². The molecule has 104 valence electrons. The summed E-state index contributed by atoms with van der Waals surface area (Å²) in [7, 11) is 0. The molecule has 5 aliphatic rings. The Morgan fingerprint density at radius 1 is 1.21 bits per heavy atom. The molecule has 3 heterocycles. The van der Waals surface area contributed by atoms with Crippen molar-refractivity contribution in [2.45, 2.75) is 56.5 Å². The van der Waals surface area contributed by atoms with Crippen LogP contribution in [0, 0.1) is 17.3 Å². The Morgan fingerprint density at radius 2 is 1.95 bits per heavy atom. The van der Waals surface area contributed by atoms with Crippen LogP contribution in [0.15, 0.2) is 0 Å². The van der Waals surface area contributed by atoms with Gasteiger partial charge in [0.25, 0.3) is 0 Å². The van der Waals surface area contributed by atoms with Crippen LogP contribution in [-0.4, -0.2) is 36.5 Å². The summed E-state index contributed by atoms with van der Waals surface area (Å²) in [4.78, 5) is 12.3. The lowest BCUT2D eigenvalue weighted by atomic mass is 9.47. The Kier molecular flexibility index (Phi) is 1.82. The van der Waals surface area contributed by atoms with E-state index in [4.69, 9.17) is 14.2 Å². The molecular weight excluding hydrogens is 244 g/mol. The SMILES string of the molecule is C[C@]12O[C@H]([C@@H]3CCC(=O)[C@@H]31)C1(OCCO1)C21CCC1. The summed E-state index contributed by atoms with van der Waals surface area (Å²) >= 11 is 0. The van der Waals surface area contributed by atoms with Crippen molar-refractivity contribution in [2.24, 2.45) is 17.3 Å². The van der Waals surface area contributed by atoms with E-state index in [0.717, 1.165) is 25.7 Å². The van der Waals surface area contributed by atoms with Gasteiger partial charge in [0.1, 0.15) is 11.9 Å². The van der Waals surface area contributed by atoms with Gasteiger partial charge in [-0.05, 0) is 26.2 Å². The van der Waals surface area contributed by atoms with Crippen molar-refractivity contribution in [1.82, 2.24) is 0 Å². The number of Topliss-reactive ketones (excluding diaryl/α,β-unsaturated/α-hetero) is 1. The van der Waals surface area contributed by atoms with E-state index in [0.29, 0.717) is 24.9 Å². The molecule has 2 spiro atoms. The fraction of sp³-hybridized carbons (Fsp3) is 0.933. The van der Waals surface area contributed by atoms with Crippen LogP contribution in [0.4, 0.5) is 0 Å².